The largest absolute Gasteiger partial charge is 0.175 e. The highest BCUT2D eigenvalue weighted by Gasteiger charge is 2.15. The first kappa shape index (κ1) is 9.87. The Kier molecular flexibility index (Phi) is 3.02. The van der Waals surface area contributed by atoms with E-state index in [9.17, 15) is 0 Å². The molecule has 0 saturated carbocycles. The molecule has 0 fully saturated rings. The molecule has 0 aliphatic rings. The Balaban J connectivity index is 2.93. The zero-order valence-corrected chi connectivity index (χ0v) is 9.86. The van der Waals surface area contributed by atoms with Crippen molar-refractivity contribution < 1.29 is 0 Å². The van der Waals surface area contributed by atoms with Crippen LogP contribution in [0.3, 0.4) is 0 Å². The van der Waals surface area contributed by atoms with E-state index in [1.165, 1.54) is 10.8 Å². The van der Waals surface area contributed by atoms with Crippen molar-refractivity contribution in [1.29, 1.82) is 0 Å². The molecule has 0 bridgehead atoms. The number of benzene rings is 1. The van der Waals surface area contributed by atoms with E-state index in [4.69, 9.17) is 0 Å². The molecule has 0 aliphatic heterocycles. The summed E-state index contributed by atoms with van der Waals surface area (Å²) in [5.74, 6) is 0.839. The predicted octanol–water partition coefficient (Wildman–Crippen LogP) is 2.66. The monoisotopic (exact) mass is 196 g/mol. The minimum Gasteiger partial charge on any atom is -0.175 e. The van der Waals surface area contributed by atoms with E-state index in [-0.39, 0.29) is 0 Å². The van der Waals surface area contributed by atoms with Gasteiger partial charge < -0.3 is 0 Å². The zero-order chi connectivity index (χ0) is 9.19. The second kappa shape index (κ2) is 3.67. The summed E-state index contributed by atoms with van der Waals surface area (Å²) < 4.78 is 0. The second-order valence-electron chi connectivity index (χ2n) is 4.11. The van der Waals surface area contributed by atoms with Gasteiger partial charge in [-0.15, -0.1) is 0 Å². The molecule has 0 radical (unpaired) electrons. The summed E-state index contributed by atoms with van der Waals surface area (Å²) in [7, 11) is -1.09. The van der Waals surface area contributed by atoms with Gasteiger partial charge in [0.1, 0.15) is 0 Å². The van der Waals surface area contributed by atoms with Crippen LogP contribution in [0.2, 0.25) is 19.6 Å². The minimum atomic E-state index is -1.09. The third-order valence-electron chi connectivity index (χ3n) is 2.00. The van der Waals surface area contributed by atoms with E-state index in [1.54, 1.807) is 0 Å². The van der Waals surface area contributed by atoms with Gasteiger partial charge in [0.2, 0.25) is 0 Å². The van der Waals surface area contributed by atoms with Gasteiger partial charge in [-0.1, -0.05) is 49.1 Å². The van der Waals surface area contributed by atoms with E-state index in [0.717, 1.165) is 5.75 Å². The molecule has 0 atom stereocenters. The van der Waals surface area contributed by atoms with Gasteiger partial charge in [0.15, 0.2) is 0 Å². The van der Waals surface area contributed by atoms with Crippen LogP contribution in [0.25, 0.3) is 0 Å². The number of hydrogen-bond donors (Lipinski definition) is 1. The van der Waals surface area contributed by atoms with Gasteiger partial charge >= 0.3 is 0 Å². The summed E-state index contributed by atoms with van der Waals surface area (Å²) in [6.45, 7) is 7.09. The molecule has 0 heterocycles. The molecule has 0 spiro atoms. The molecule has 2 heteroatoms. The van der Waals surface area contributed by atoms with Crippen molar-refractivity contribution in [2.75, 3.05) is 0 Å². The maximum Gasteiger partial charge on any atom is 0.0775 e. The van der Waals surface area contributed by atoms with Gasteiger partial charge in [0.05, 0.1) is 8.07 Å². The third-order valence-corrected chi connectivity index (χ3v) is 4.43. The highest BCUT2D eigenvalue weighted by molar-refractivity contribution is 7.79. The fourth-order valence-electron chi connectivity index (χ4n) is 1.11. The van der Waals surface area contributed by atoms with E-state index < -0.39 is 8.07 Å². The molecule has 0 N–H and O–H groups in total. The topological polar surface area (TPSA) is 0 Å². The van der Waals surface area contributed by atoms with Crippen LogP contribution in [-0.4, -0.2) is 8.07 Å². The summed E-state index contributed by atoms with van der Waals surface area (Å²) in [6, 6.07) is 8.86. The van der Waals surface area contributed by atoms with E-state index in [0.29, 0.717) is 0 Å². The van der Waals surface area contributed by atoms with Crippen molar-refractivity contribution in [3.63, 3.8) is 0 Å². The van der Waals surface area contributed by atoms with Crippen LogP contribution < -0.4 is 5.19 Å². The van der Waals surface area contributed by atoms with Crippen molar-refractivity contribution in [2.45, 2.75) is 25.4 Å². The Morgan fingerprint density at radius 2 is 1.58 bits per heavy atom. The fraction of sp³-hybridized carbons (Fsp3) is 0.400. The van der Waals surface area contributed by atoms with E-state index >= 15 is 0 Å². The summed E-state index contributed by atoms with van der Waals surface area (Å²) in [5, 5.41) is 1.52. The van der Waals surface area contributed by atoms with Crippen LogP contribution in [0.15, 0.2) is 24.3 Å². The van der Waals surface area contributed by atoms with Gasteiger partial charge in [-0.25, -0.2) is 0 Å². The summed E-state index contributed by atoms with van der Waals surface area (Å²) >= 11 is 4.23. The minimum absolute atomic E-state index is 0.839. The molecule has 0 aromatic heterocycles. The lowest BCUT2D eigenvalue weighted by Crippen LogP contribution is -2.37. The normalized spacial score (nSPS) is 11.7. The standard InChI is InChI=1S/C10H16SSi/c1-12(2,3)10-6-4-9(8-11)5-7-10/h4-7,11H,8H2,1-3H3. The highest BCUT2D eigenvalue weighted by atomic mass is 32.1. The van der Waals surface area contributed by atoms with Crippen LogP contribution in [0, 0.1) is 0 Å². The van der Waals surface area contributed by atoms with Crippen LogP contribution in [0.4, 0.5) is 0 Å². The highest BCUT2D eigenvalue weighted by Crippen LogP contribution is 2.05. The Labute approximate surface area is 81.4 Å². The number of hydrogen-bond acceptors (Lipinski definition) is 1. The van der Waals surface area contributed by atoms with Crippen molar-refractivity contribution in [2.24, 2.45) is 0 Å². The Hall–Kier alpha value is -0.213. The smallest absolute Gasteiger partial charge is 0.0775 e. The van der Waals surface area contributed by atoms with Gasteiger partial charge in [0, 0.05) is 5.75 Å². The maximum atomic E-state index is 4.23. The summed E-state index contributed by atoms with van der Waals surface area (Å²) in [6.07, 6.45) is 0. The Morgan fingerprint density at radius 1 is 1.08 bits per heavy atom. The number of rotatable bonds is 2. The molecule has 0 nitrogen and oxygen atoms in total. The second-order valence-corrected chi connectivity index (χ2v) is 9.50. The molecule has 0 amide bonds. The molecular formula is C10H16SSi. The van der Waals surface area contributed by atoms with E-state index in [2.05, 4.69) is 56.5 Å². The number of thiol groups is 1. The van der Waals surface area contributed by atoms with Gasteiger partial charge in [-0.3, -0.25) is 0 Å². The maximum absolute atomic E-state index is 4.23. The summed E-state index contributed by atoms with van der Waals surface area (Å²) in [4.78, 5) is 0. The van der Waals surface area contributed by atoms with Crippen LogP contribution in [0.5, 0.6) is 0 Å². The van der Waals surface area contributed by atoms with Crippen molar-refractivity contribution in [3.05, 3.63) is 29.8 Å². The SMILES string of the molecule is C[Si](C)(C)c1ccc(CS)cc1. The average Bonchev–Trinajstić information content (AvgIpc) is 2.03. The van der Waals surface area contributed by atoms with Gasteiger partial charge in [-0.2, -0.15) is 12.6 Å². The lowest BCUT2D eigenvalue weighted by molar-refractivity contribution is 1.43. The first-order valence-electron chi connectivity index (χ1n) is 4.24. The summed E-state index contributed by atoms with van der Waals surface area (Å²) in [5.41, 5.74) is 1.31. The van der Waals surface area contributed by atoms with Crippen molar-refractivity contribution >= 4 is 25.9 Å². The Bertz CT molecular complexity index is 246. The van der Waals surface area contributed by atoms with Crippen LogP contribution in [0.1, 0.15) is 5.56 Å². The van der Waals surface area contributed by atoms with Gasteiger partial charge in [-0.05, 0) is 5.56 Å². The molecule has 1 aromatic rings. The Morgan fingerprint density at radius 3 is 1.92 bits per heavy atom. The first-order valence-corrected chi connectivity index (χ1v) is 8.37. The molecule has 1 aromatic carbocycles. The third kappa shape index (κ3) is 2.39. The molecule has 66 valence electrons. The molecule has 0 aliphatic carbocycles. The quantitative estimate of drug-likeness (QED) is 0.546. The first-order chi connectivity index (χ1) is 5.54. The molecule has 0 unspecified atom stereocenters. The lowest BCUT2D eigenvalue weighted by Gasteiger charge is -2.16. The molecule has 1 rings (SSSR count). The lowest BCUT2D eigenvalue weighted by atomic mass is 10.2. The molecule has 12 heavy (non-hydrogen) atoms. The van der Waals surface area contributed by atoms with Crippen molar-refractivity contribution in [1.82, 2.24) is 0 Å². The predicted molar refractivity (Wildman–Crippen MR) is 62.1 cm³/mol. The van der Waals surface area contributed by atoms with Crippen LogP contribution in [-0.2, 0) is 5.75 Å². The fourth-order valence-corrected chi connectivity index (χ4v) is 2.49. The van der Waals surface area contributed by atoms with Crippen molar-refractivity contribution in [3.8, 4) is 0 Å². The van der Waals surface area contributed by atoms with E-state index in [1.807, 2.05) is 0 Å². The van der Waals surface area contributed by atoms with Gasteiger partial charge in [0.25, 0.3) is 0 Å². The molecular weight excluding hydrogens is 180 g/mol. The van der Waals surface area contributed by atoms with Crippen LogP contribution >= 0.6 is 12.6 Å². The zero-order valence-electron chi connectivity index (χ0n) is 7.96. The average molecular weight is 196 g/mol. The molecule has 0 saturated heterocycles.